The predicted octanol–water partition coefficient (Wildman–Crippen LogP) is 7.22. The average molecular weight is 425 g/mol. The van der Waals surface area contributed by atoms with Crippen molar-refractivity contribution in [3.63, 3.8) is 0 Å². The normalized spacial score (nSPS) is 11.8. The zero-order chi connectivity index (χ0) is 21.5. The second kappa shape index (κ2) is 7.82. The Hall–Kier alpha value is -3.18. The second-order valence-corrected chi connectivity index (χ2v) is 8.98. The molecule has 0 aliphatic heterocycles. The number of benzene rings is 3. The highest BCUT2D eigenvalue weighted by Crippen LogP contribution is 2.40. The standard InChI is InChI=1S/C26H24N4S/c1-15(2)19-23-24(20(16(3)4)26-25(19)29-31-30-26)28-22(18-13-9-6-10-14-18)21(27-23)17-11-7-5-8-12-17/h5-16H,1-4H3. The summed E-state index contributed by atoms with van der Waals surface area (Å²) in [5.41, 5.74) is 10.0. The van der Waals surface area contributed by atoms with E-state index in [9.17, 15) is 0 Å². The van der Waals surface area contributed by atoms with Gasteiger partial charge in [0, 0.05) is 22.3 Å². The van der Waals surface area contributed by atoms with Gasteiger partial charge in [-0.15, -0.1) is 0 Å². The molecule has 2 aromatic heterocycles. The molecule has 154 valence electrons. The lowest BCUT2D eigenvalue weighted by Gasteiger charge is -2.18. The summed E-state index contributed by atoms with van der Waals surface area (Å²) in [6.45, 7) is 8.77. The van der Waals surface area contributed by atoms with Crippen LogP contribution in [0, 0.1) is 0 Å². The zero-order valence-electron chi connectivity index (χ0n) is 18.1. The Balaban J connectivity index is 1.99. The van der Waals surface area contributed by atoms with Gasteiger partial charge in [-0.2, -0.15) is 8.75 Å². The van der Waals surface area contributed by atoms with Crippen molar-refractivity contribution >= 4 is 33.8 Å². The fourth-order valence-electron chi connectivity index (χ4n) is 4.27. The van der Waals surface area contributed by atoms with Gasteiger partial charge in [-0.25, -0.2) is 9.97 Å². The van der Waals surface area contributed by atoms with Gasteiger partial charge >= 0.3 is 0 Å². The van der Waals surface area contributed by atoms with Gasteiger partial charge in [-0.3, -0.25) is 0 Å². The zero-order valence-corrected chi connectivity index (χ0v) is 18.9. The quantitative estimate of drug-likeness (QED) is 0.306. The molecule has 3 aromatic carbocycles. The Morgan fingerprint density at radius 1 is 0.548 bits per heavy atom. The Kier molecular flexibility index (Phi) is 4.98. The van der Waals surface area contributed by atoms with Gasteiger partial charge in [0.1, 0.15) is 11.0 Å². The van der Waals surface area contributed by atoms with Crippen LogP contribution in [0.2, 0.25) is 0 Å². The summed E-state index contributed by atoms with van der Waals surface area (Å²) in [6.07, 6.45) is 0. The van der Waals surface area contributed by atoms with E-state index >= 15 is 0 Å². The molecule has 5 aromatic rings. The van der Waals surface area contributed by atoms with Crippen molar-refractivity contribution in [2.75, 3.05) is 0 Å². The lowest BCUT2D eigenvalue weighted by molar-refractivity contribution is 0.864. The second-order valence-electron chi connectivity index (χ2n) is 8.45. The van der Waals surface area contributed by atoms with Crippen molar-refractivity contribution in [2.45, 2.75) is 39.5 Å². The summed E-state index contributed by atoms with van der Waals surface area (Å²) in [6, 6.07) is 20.7. The van der Waals surface area contributed by atoms with Gasteiger partial charge in [0.25, 0.3) is 0 Å². The summed E-state index contributed by atoms with van der Waals surface area (Å²) >= 11 is 1.27. The smallest absolute Gasteiger partial charge is 0.110 e. The van der Waals surface area contributed by atoms with Crippen LogP contribution in [0.25, 0.3) is 44.6 Å². The van der Waals surface area contributed by atoms with Crippen molar-refractivity contribution in [1.29, 1.82) is 0 Å². The fourth-order valence-corrected chi connectivity index (χ4v) is 4.84. The Labute approximate surface area is 186 Å². The van der Waals surface area contributed by atoms with E-state index < -0.39 is 0 Å². The molecule has 0 bridgehead atoms. The summed E-state index contributed by atoms with van der Waals surface area (Å²) in [4.78, 5) is 10.6. The number of hydrogen-bond donors (Lipinski definition) is 0. The summed E-state index contributed by atoms with van der Waals surface area (Å²) in [5.74, 6) is 0.520. The van der Waals surface area contributed by atoms with Gasteiger partial charge in [-0.05, 0) is 11.8 Å². The molecule has 0 spiro atoms. The first-order chi connectivity index (χ1) is 15.1. The maximum Gasteiger partial charge on any atom is 0.110 e. The summed E-state index contributed by atoms with van der Waals surface area (Å²) in [5, 5.41) is 0. The van der Waals surface area contributed by atoms with E-state index in [4.69, 9.17) is 9.97 Å². The fraction of sp³-hybridized carbons (Fsp3) is 0.231. The minimum absolute atomic E-state index is 0.260. The van der Waals surface area contributed by atoms with Crippen LogP contribution in [0.4, 0.5) is 0 Å². The van der Waals surface area contributed by atoms with Crippen molar-refractivity contribution in [3.05, 3.63) is 71.8 Å². The van der Waals surface area contributed by atoms with Crippen LogP contribution in [-0.2, 0) is 0 Å². The van der Waals surface area contributed by atoms with Crippen LogP contribution in [0.1, 0.15) is 50.7 Å². The predicted molar refractivity (Wildman–Crippen MR) is 130 cm³/mol. The van der Waals surface area contributed by atoms with Crippen molar-refractivity contribution in [1.82, 2.24) is 18.7 Å². The van der Waals surface area contributed by atoms with E-state index in [2.05, 4.69) is 60.7 Å². The van der Waals surface area contributed by atoms with E-state index in [1.54, 1.807) is 0 Å². The van der Waals surface area contributed by atoms with E-state index in [0.717, 1.165) is 55.7 Å². The average Bonchev–Trinajstić information content (AvgIpc) is 3.25. The van der Waals surface area contributed by atoms with Gasteiger partial charge in [0.2, 0.25) is 0 Å². The van der Waals surface area contributed by atoms with Gasteiger partial charge < -0.3 is 0 Å². The maximum absolute atomic E-state index is 5.29. The van der Waals surface area contributed by atoms with Crippen LogP contribution in [-0.4, -0.2) is 18.7 Å². The molecule has 0 saturated heterocycles. The lowest BCUT2D eigenvalue weighted by atomic mass is 9.91. The van der Waals surface area contributed by atoms with E-state index in [-0.39, 0.29) is 11.8 Å². The largest absolute Gasteiger partial charge is 0.243 e. The SMILES string of the molecule is CC(C)c1c2nsnc2c(C(C)C)c2nc(-c3ccccc3)c(-c3ccccc3)nc12. The van der Waals surface area contributed by atoms with E-state index in [1.165, 1.54) is 11.7 Å². The van der Waals surface area contributed by atoms with Crippen molar-refractivity contribution < 1.29 is 0 Å². The number of aromatic nitrogens is 4. The summed E-state index contributed by atoms with van der Waals surface area (Å²) < 4.78 is 9.36. The van der Waals surface area contributed by atoms with Crippen LogP contribution in [0.15, 0.2) is 60.7 Å². The molecule has 0 aliphatic rings. The first-order valence-electron chi connectivity index (χ1n) is 10.7. The highest BCUT2D eigenvalue weighted by molar-refractivity contribution is 7.00. The molecule has 5 rings (SSSR count). The van der Waals surface area contributed by atoms with Gasteiger partial charge in [-0.1, -0.05) is 88.4 Å². The number of fused-ring (bicyclic) bond motifs is 2. The van der Waals surface area contributed by atoms with Gasteiger partial charge in [0.05, 0.1) is 34.1 Å². The number of rotatable bonds is 4. The highest BCUT2D eigenvalue weighted by atomic mass is 32.1. The number of nitrogens with zero attached hydrogens (tertiary/aromatic N) is 4. The summed E-state index contributed by atoms with van der Waals surface area (Å²) in [7, 11) is 0. The first kappa shape index (κ1) is 19.8. The Morgan fingerprint density at radius 2 is 0.935 bits per heavy atom. The van der Waals surface area contributed by atoms with E-state index in [0.29, 0.717) is 0 Å². The van der Waals surface area contributed by atoms with E-state index in [1.807, 2.05) is 36.4 Å². The molecule has 0 amide bonds. The van der Waals surface area contributed by atoms with Gasteiger partial charge in [0.15, 0.2) is 0 Å². The third-order valence-electron chi connectivity index (χ3n) is 5.65. The third kappa shape index (κ3) is 3.29. The molecule has 0 saturated carbocycles. The molecule has 4 nitrogen and oxygen atoms in total. The molecule has 0 unspecified atom stereocenters. The number of hydrogen-bond acceptors (Lipinski definition) is 5. The lowest BCUT2D eigenvalue weighted by Crippen LogP contribution is -2.05. The highest BCUT2D eigenvalue weighted by Gasteiger charge is 2.25. The molecular formula is C26H24N4S. The van der Waals surface area contributed by atoms with Crippen molar-refractivity contribution in [2.24, 2.45) is 0 Å². The Morgan fingerprint density at radius 3 is 1.29 bits per heavy atom. The molecule has 5 heteroatoms. The van der Waals surface area contributed by atoms with Crippen LogP contribution < -0.4 is 0 Å². The maximum atomic E-state index is 5.29. The van der Waals surface area contributed by atoms with Crippen LogP contribution >= 0.6 is 11.7 Å². The minimum atomic E-state index is 0.260. The Bertz CT molecular complexity index is 1270. The molecule has 2 heterocycles. The molecular weight excluding hydrogens is 400 g/mol. The molecule has 0 fully saturated rings. The topological polar surface area (TPSA) is 51.6 Å². The van der Waals surface area contributed by atoms with Crippen LogP contribution in [0.3, 0.4) is 0 Å². The molecule has 31 heavy (non-hydrogen) atoms. The monoisotopic (exact) mass is 424 g/mol. The molecule has 0 N–H and O–H groups in total. The van der Waals surface area contributed by atoms with Crippen LogP contribution in [0.5, 0.6) is 0 Å². The third-order valence-corrected chi connectivity index (χ3v) is 6.18. The molecule has 0 aliphatic carbocycles. The first-order valence-corrected chi connectivity index (χ1v) is 11.4. The molecule has 0 atom stereocenters. The minimum Gasteiger partial charge on any atom is -0.243 e. The molecule has 0 radical (unpaired) electrons. The van der Waals surface area contributed by atoms with Crippen molar-refractivity contribution in [3.8, 4) is 22.5 Å².